The van der Waals surface area contributed by atoms with Crippen LogP contribution in [0, 0.1) is 0 Å². The van der Waals surface area contributed by atoms with Crippen LogP contribution in [0.25, 0.3) is 11.1 Å². The molecule has 1 aromatic heterocycles. The van der Waals surface area contributed by atoms with Gasteiger partial charge in [-0.1, -0.05) is 87.5 Å². The van der Waals surface area contributed by atoms with Gasteiger partial charge in [-0.15, -0.1) is 0 Å². The summed E-state index contributed by atoms with van der Waals surface area (Å²) in [7, 11) is 0. The largest absolute Gasteiger partial charge is 0.416 e. The molecule has 1 aliphatic rings. The fourth-order valence-electron chi connectivity index (χ4n) is 5.82. The smallest absolute Gasteiger partial charge is 0.335 e. The molecule has 1 amide bonds. The number of halogens is 3. The van der Waals surface area contributed by atoms with Crippen molar-refractivity contribution >= 4 is 5.91 Å². The summed E-state index contributed by atoms with van der Waals surface area (Å²) in [5.41, 5.74) is 2.85. The first kappa shape index (κ1) is 33.1. The van der Waals surface area contributed by atoms with Gasteiger partial charge in [0.15, 0.2) is 0 Å². The quantitative estimate of drug-likeness (QED) is 0.168. The van der Waals surface area contributed by atoms with E-state index in [1.165, 1.54) is 17.7 Å². The first-order valence-corrected chi connectivity index (χ1v) is 15.9. The van der Waals surface area contributed by atoms with Crippen molar-refractivity contribution in [1.82, 2.24) is 24.6 Å². The van der Waals surface area contributed by atoms with Gasteiger partial charge in [0.2, 0.25) is 5.91 Å². The van der Waals surface area contributed by atoms with E-state index in [1.807, 2.05) is 54.3 Å². The van der Waals surface area contributed by atoms with Crippen molar-refractivity contribution in [2.45, 2.75) is 64.7 Å². The van der Waals surface area contributed by atoms with Gasteiger partial charge < -0.3 is 9.80 Å². The van der Waals surface area contributed by atoms with E-state index < -0.39 is 11.7 Å². The summed E-state index contributed by atoms with van der Waals surface area (Å²) in [6.07, 6.45) is -3.12. The highest BCUT2D eigenvalue weighted by molar-refractivity contribution is 5.76. The Hall–Kier alpha value is -4.31. The number of nitrogens with zero attached hydrogens (tertiary/aromatic N) is 5. The number of hydrogen-bond acceptors (Lipinski definition) is 5. The van der Waals surface area contributed by atoms with Crippen molar-refractivity contribution < 1.29 is 18.0 Å². The van der Waals surface area contributed by atoms with Gasteiger partial charge in [0.05, 0.1) is 5.56 Å². The first-order chi connectivity index (χ1) is 22.1. The minimum absolute atomic E-state index is 0.0168. The van der Waals surface area contributed by atoms with Crippen LogP contribution in [0.3, 0.4) is 0 Å². The molecule has 3 aromatic carbocycles. The zero-order chi connectivity index (χ0) is 32.8. The summed E-state index contributed by atoms with van der Waals surface area (Å²) >= 11 is 0. The van der Waals surface area contributed by atoms with Crippen molar-refractivity contribution in [3.05, 3.63) is 117 Å². The van der Waals surface area contributed by atoms with Gasteiger partial charge in [0, 0.05) is 25.6 Å². The molecular weight excluding hydrogens is 591 g/mol. The number of aromatic nitrogens is 3. The summed E-state index contributed by atoms with van der Waals surface area (Å²) in [6, 6.07) is 22.7. The number of amides is 1. The lowest BCUT2D eigenvalue weighted by molar-refractivity contribution is -0.137. The number of aryl methyl sites for hydroxylation is 1. The van der Waals surface area contributed by atoms with Crippen LogP contribution in [0.15, 0.2) is 83.7 Å². The molecule has 1 saturated carbocycles. The monoisotopic (exact) mass is 631 g/mol. The molecule has 0 spiro atoms. The molecule has 0 saturated heterocycles. The van der Waals surface area contributed by atoms with E-state index in [0.29, 0.717) is 43.1 Å². The van der Waals surface area contributed by atoms with Crippen LogP contribution in [-0.2, 0) is 30.5 Å². The minimum atomic E-state index is -4.38. The maximum absolute atomic E-state index is 14.0. The number of alkyl halides is 3. The summed E-state index contributed by atoms with van der Waals surface area (Å²) in [6.45, 7) is 9.27. The Labute approximate surface area is 267 Å². The standard InChI is InChI=1S/C36H40F3N5O2/c1-4-32-35(46)40-34(31-22-30(31)28-10-8-7-9-11-28)44(41-32)24-33(45)43(21-20-42(5-2)6-3)23-25-12-14-26(15-13-25)27-16-18-29(19-17-27)36(37,38)39/h7-19,30-31H,4-6,20-24H2,1-3H3/t30-,31+/m1/s1. The van der Waals surface area contributed by atoms with E-state index in [2.05, 4.69) is 41.0 Å². The molecule has 0 bridgehead atoms. The Balaban J connectivity index is 1.37. The van der Waals surface area contributed by atoms with Crippen LogP contribution in [0.4, 0.5) is 13.2 Å². The normalized spacial score (nSPS) is 16.1. The summed E-state index contributed by atoms with van der Waals surface area (Å²) in [5.74, 6) is 0.667. The molecule has 0 aliphatic heterocycles. The van der Waals surface area contributed by atoms with Crippen LogP contribution in [0.2, 0.25) is 0 Å². The second kappa shape index (κ2) is 14.4. The van der Waals surface area contributed by atoms with Gasteiger partial charge in [-0.05, 0) is 66.2 Å². The van der Waals surface area contributed by atoms with Crippen LogP contribution in [0.5, 0.6) is 0 Å². The van der Waals surface area contributed by atoms with E-state index in [-0.39, 0.29) is 29.8 Å². The van der Waals surface area contributed by atoms with Gasteiger partial charge in [-0.2, -0.15) is 23.3 Å². The van der Waals surface area contributed by atoms with E-state index in [9.17, 15) is 22.8 Å². The Morgan fingerprint density at radius 3 is 2.09 bits per heavy atom. The average molecular weight is 632 g/mol. The van der Waals surface area contributed by atoms with Gasteiger partial charge in [-0.3, -0.25) is 9.59 Å². The second-order valence-electron chi connectivity index (χ2n) is 11.7. The molecule has 2 atom stereocenters. The number of carbonyl (C=O) groups is 1. The molecule has 4 aromatic rings. The predicted octanol–water partition coefficient (Wildman–Crippen LogP) is 6.53. The van der Waals surface area contributed by atoms with Crippen molar-refractivity contribution in [2.24, 2.45) is 0 Å². The van der Waals surface area contributed by atoms with Gasteiger partial charge >= 0.3 is 6.18 Å². The van der Waals surface area contributed by atoms with E-state index >= 15 is 0 Å². The molecule has 0 N–H and O–H groups in total. The van der Waals surface area contributed by atoms with Crippen molar-refractivity contribution in [2.75, 3.05) is 26.2 Å². The first-order valence-electron chi connectivity index (χ1n) is 15.9. The molecule has 0 radical (unpaired) electrons. The Bertz CT molecular complexity index is 1670. The lowest BCUT2D eigenvalue weighted by Gasteiger charge is -2.27. The summed E-state index contributed by atoms with van der Waals surface area (Å²) in [5, 5.41) is 4.62. The lowest BCUT2D eigenvalue weighted by atomic mass is 10.0. The lowest BCUT2D eigenvalue weighted by Crippen LogP contribution is -2.41. The predicted molar refractivity (Wildman–Crippen MR) is 172 cm³/mol. The zero-order valence-corrected chi connectivity index (χ0v) is 26.5. The van der Waals surface area contributed by atoms with E-state index in [0.717, 1.165) is 42.8 Å². The molecule has 5 rings (SSSR count). The molecular formula is C36H40F3N5O2. The fraction of sp³-hybridized carbons (Fsp3) is 0.389. The molecule has 10 heteroatoms. The zero-order valence-electron chi connectivity index (χ0n) is 26.5. The number of likely N-dealkylation sites (N-methyl/N-ethyl adjacent to an activating group) is 1. The van der Waals surface area contributed by atoms with Crippen molar-refractivity contribution in [3.8, 4) is 11.1 Å². The average Bonchev–Trinajstić information content (AvgIpc) is 3.86. The van der Waals surface area contributed by atoms with E-state index in [4.69, 9.17) is 0 Å². The number of carbonyl (C=O) groups excluding carboxylic acids is 1. The molecule has 7 nitrogen and oxygen atoms in total. The Morgan fingerprint density at radius 2 is 1.50 bits per heavy atom. The minimum Gasteiger partial charge on any atom is -0.335 e. The molecule has 1 aliphatic carbocycles. The van der Waals surface area contributed by atoms with Crippen LogP contribution in [-0.4, -0.2) is 56.7 Å². The highest BCUT2D eigenvalue weighted by Crippen LogP contribution is 2.53. The van der Waals surface area contributed by atoms with Crippen LogP contribution >= 0.6 is 0 Å². The maximum Gasteiger partial charge on any atom is 0.416 e. The molecule has 1 fully saturated rings. The molecule has 1 heterocycles. The topological polar surface area (TPSA) is 71.3 Å². The third-order valence-electron chi connectivity index (χ3n) is 8.74. The molecule has 0 unspecified atom stereocenters. The summed E-state index contributed by atoms with van der Waals surface area (Å²) < 4.78 is 40.7. The number of benzene rings is 3. The van der Waals surface area contributed by atoms with Crippen LogP contribution in [0.1, 0.15) is 67.2 Å². The Kier molecular flexibility index (Phi) is 10.4. The van der Waals surface area contributed by atoms with E-state index in [1.54, 1.807) is 4.68 Å². The number of rotatable bonds is 13. The third kappa shape index (κ3) is 7.91. The van der Waals surface area contributed by atoms with Gasteiger partial charge in [0.1, 0.15) is 18.1 Å². The third-order valence-corrected chi connectivity index (χ3v) is 8.74. The van der Waals surface area contributed by atoms with Gasteiger partial charge in [0.25, 0.3) is 5.56 Å². The maximum atomic E-state index is 14.0. The van der Waals surface area contributed by atoms with Crippen LogP contribution < -0.4 is 5.56 Å². The van der Waals surface area contributed by atoms with Crippen molar-refractivity contribution in [1.29, 1.82) is 0 Å². The van der Waals surface area contributed by atoms with Crippen molar-refractivity contribution in [3.63, 3.8) is 0 Å². The molecule has 242 valence electrons. The fourth-order valence-corrected chi connectivity index (χ4v) is 5.82. The summed E-state index contributed by atoms with van der Waals surface area (Å²) in [4.78, 5) is 35.2. The molecule has 46 heavy (non-hydrogen) atoms. The van der Waals surface area contributed by atoms with Gasteiger partial charge in [-0.25, -0.2) is 4.68 Å². The number of hydrogen-bond donors (Lipinski definition) is 0. The Morgan fingerprint density at radius 1 is 0.870 bits per heavy atom. The highest BCUT2D eigenvalue weighted by atomic mass is 19.4. The SMILES string of the molecule is CCc1nn(CC(=O)N(CCN(CC)CC)Cc2ccc(-c3ccc(C(F)(F)F)cc3)cc2)c([C@H]2C[C@@H]2c2ccccc2)nc1=O. The highest BCUT2D eigenvalue weighted by Gasteiger charge is 2.43. The second-order valence-corrected chi connectivity index (χ2v) is 11.7.